The number of allylic oxidation sites excluding steroid dienone is 7. The first-order valence-electron chi connectivity index (χ1n) is 11.3. The molecular weight excluding hydrogens is 338 g/mol. The van der Waals surface area contributed by atoms with Crippen LogP contribution in [0.25, 0.3) is 0 Å². The van der Waals surface area contributed by atoms with Crippen molar-refractivity contribution in [3.8, 4) is 0 Å². The average Bonchev–Trinajstić information content (AvgIpc) is 2.58. The maximum atomic E-state index is 2.49. The van der Waals surface area contributed by atoms with E-state index >= 15 is 0 Å². The van der Waals surface area contributed by atoms with Crippen molar-refractivity contribution in [3.05, 3.63) is 58.9 Å². The molecule has 0 aromatic heterocycles. The number of rotatable bonds is 6. The molecule has 1 heterocycles. The van der Waals surface area contributed by atoms with Gasteiger partial charge in [-0.1, -0.05) is 83.4 Å². The molecule has 0 spiro atoms. The molecule has 156 valence electrons. The second kappa shape index (κ2) is 9.33. The van der Waals surface area contributed by atoms with Gasteiger partial charge in [0.1, 0.15) is 0 Å². The zero-order valence-electron chi connectivity index (χ0n) is 19.7. The molecule has 1 heteroatoms. The van der Waals surface area contributed by atoms with Crippen LogP contribution in [0.2, 0.25) is 0 Å². The Morgan fingerprint density at radius 2 is 2.00 bits per heavy atom. The largest absolute Gasteiger partial charge is 0.368 e. The van der Waals surface area contributed by atoms with Crippen molar-refractivity contribution in [1.29, 1.82) is 0 Å². The number of hydrogen-bond donors (Lipinski definition) is 0. The highest BCUT2D eigenvalue weighted by Crippen LogP contribution is 2.40. The van der Waals surface area contributed by atoms with E-state index in [0.29, 0.717) is 11.5 Å². The Morgan fingerprint density at radius 1 is 1.29 bits per heavy atom. The summed E-state index contributed by atoms with van der Waals surface area (Å²) in [5.41, 5.74) is 6.40. The van der Waals surface area contributed by atoms with Crippen LogP contribution in [-0.2, 0) is 0 Å². The van der Waals surface area contributed by atoms with Gasteiger partial charge >= 0.3 is 0 Å². The quantitative estimate of drug-likeness (QED) is 0.421. The van der Waals surface area contributed by atoms with Crippen molar-refractivity contribution in [2.45, 2.75) is 93.5 Å². The molecule has 0 bridgehead atoms. The van der Waals surface area contributed by atoms with Crippen molar-refractivity contribution in [2.24, 2.45) is 10.8 Å². The van der Waals surface area contributed by atoms with E-state index in [0.717, 1.165) is 6.54 Å². The summed E-state index contributed by atoms with van der Waals surface area (Å²) in [4.78, 5) is 2.49. The van der Waals surface area contributed by atoms with E-state index in [-0.39, 0.29) is 5.41 Å². The highest BCUT2D eigenvalue weighted by Gasteiger charge is 2.26. The minimum Gasteiger partial charge on any atom is -0.368 e. The second-order valence-corrected chi connectivity index (χ2v) is 10.4. The summed E-state index contributed by atoms with van der Waals surface area (Å²) in [6.45, 7) is 19.7. The Hall–Kier alpha value is -1.50. The molecule has 28 heavy (non-hydrogen) atoms. The van der Waals surface area contributed by atoms with E-state index < -0.39 is 0 Å². The third kappa shape index (κ3) is 6.00. The minimum absolute atomic E-state index is 0.192. The lowest BCUT2D eigenvalue weighted by Crippen LogP contribution is -2.32. The smallest absolute Gasteiger partial charge is 0.0663 e. The lowest BCUT2D eigenvalue weighted by atomic mass is 9.72. The minimum atomic E-state index is 0.192. The van der Waals surface area contributed by atoms with Crippen LogP contribution in [0, 0.1) is 10.8 Å². The van der Waals surface area contributed by atoms with Crippen LogP contribution < -0.4 is 0 Å². The summed E-state index contributed by atoms with van der Waals surface area (Å²) in [5.74, 6) is 0. The van der Waals surface area contributed by atoms with E-state index in [1.165, 1.54) is 43.3 Å². The second-order valence-electron chi connectivity index (χ2n) is 10.4. The van der Waals surface area contributed by atoms with Gasteiger partial charge < -0.3 is 4.90 Å². The Bertz CT molecular complexity index is 688. The number of unbranched alkanes of at least 4 members (excludes halogenated alkanes) is 1. The molecule has 0 saturated carbocycles. The molecule has 0 radical (unpaired) electrons. The van der Waals surface area contributed by atoms with E-state index in [2.05, 4.69) is 96.9 Å². The van der Waals surface area contributed by atoms with Crippen molar-refractivity contribution in [1.82, 2.24) is 4.90 Å². The Kier molecular flexibility index (Phi) is 7.59. The average molecular weight is 382 g/mol. The molecule has 0 aromatic carbocycles. The first-order chi connectivity index (χ1) is 13.0. The fourth-order valence-corrected chi connectivity index (χ4v) is 4.37. The zero-order chi connectivity index (χ0) is 20.9. The standard InChI is InChI=1S/C27H43N/c1-9-10-17-28-18-15-23(26(4,5)6)20-24(28)19-21(2)13-14-25-22(3)12-11-16-27(25,7)8/h13-15,18-20,24H,9-12,16-17H2,1-8H3/b14-13+,21-19+. The molecule has 1 nitrogen and oxygen atoms in total. The van der Waals surface area contributed by atoms with Gasteiger partial charge in [-0.15, -0.1) is 0 Å². The Morgan fingerprint density at radius 3 is 2.61 bits per heavy atom. The SMILES string of the molecule is CCCCN1C=CC(C(C)(C)C)=CC1/C=C(C)/C=C/C1=C(C)CCCC1(C)C. The first-order valence-corrected chi connectivity index (χ1v) is 11.3. The summed E-state index contributed by atoms with van der Waals surface area (Å²) in [5, 5.41) is 0. The van der Waals surface area contributed by atoms with Crippen LogP contribution in [0.4, 0.5) is 0 Å². The fourth-order valence-electron chi connectivity index (χ4n) is 4.37. The van der Waals surface area contributed by atoms with Gasteiger partial charge in [0.05, 0.1) is 6.04 Å². The summed E-state index contributed by atoms with van der Waals surface area (Å²) >= 11 is 0. The molecule has 1 aliphatic heterocycles. The van der Waals surface area contributed by atoms with Crippen LogP contribution in [-0.4, -0.2) is 17.5 Å². The highest BCUT2D eigenvalue weighted by atomic mass is 15.1. The van der Waals surface area contributed by atoms with Crippen LogP contribution in [0.3, 0.4) is 0 Å². The van der Waals surface area contributed by atoms with Gasteiger partial charge in [-0.3, -0.25) is 0 Å². The molecule has 1 atom stereocenters. The van der Waals surface area contributed by atoms with Gasteiger partial charge in [0, 0.05) is 12.7 Å². The molecule has 1 aliphatic carbocycles. The van der Waals surface area contributed by atoms with Gasteiger partial charge in [0.2, 0.25) is 0 Å². The van der Waals surface area contributed by atoms with Crippen LogP contribution in [0.5, 0.6) is 0 Å². The van der Waals surface area contributed by atoms with Gasteiger partial charge in [-0.2, -0.15) is 0 Å². The predicted octanol–water partition coefficient (Wildman–Crippen LogP) is 7.99. The van der Waals surface area contributed by atoms with E-state index in [1.54, 1.807) is 11.1 Å². The molecule has 2 rings (SSSR count). The number of hydrogen-bond acceptors (Lipinski definition) is 1. The van der Waals surface area contributed by atoms with E-state index in [1.807, 2.05) is 0 Å². The lowest BCUT2D eigenvalue weighted by Gasteiger charge is -2.34. The van der Waals surface area contributed by atoms with Gasteiger partial charge in [0.25, 0.3) is 0 Å². The highest BCUT2D eigenvalue weighted by molar-refractivity contribution is 5.38. The summed E-state index contributed by atoms with van der Waals surface area (Å²) in [6.07, 6.45) is 20.6. The zero-order valence-corrected chi connectivity index (χ0v) is 19.7. The van der Waals surface area contributed by atoms with Crippen molar-refractivity contribution in [3.63, 3.8) is 0 Å². The monoisotopic (exact) mass is 381 g/mol. The Labute approximate surface area is 175 Å². The van der Waals surface area contributed by atoms with Crippen LogP contribution in [0.1, 0.15) is 87.5 Å². The normalized spacial score (nSPS) is 23.6. The molecule has 0 N–H and O–H groups in total. The van der Waals surface area contributed by atoms with Crippen LogP contribution in [0.15, 0.2) is 58.9 Å². The molecule has 0 amide bonds. The predicted molar refractivity (Wildman–Crippen MR) is 125 cm³/mol. The molecule has 0 saturated heterocycles. The summed E-state index contributed by atoms with van der Waals surface area (Å²) < 4.78 is 0. The van der Waals surface area contributed by atoms with Gasteiger partial charge in [-0.05, 0) is 67.6 Å². The van der Waals surface area contributed by atoms with E-state index in [9.17, 15) is 0 Å². The maximum Gasteiger partial charge on any atom is 0.0663 e. The maximum absolute atomic E-state index is 2.49. The van der Waals surface area contributed by atoms with Crippen LogP contribution >= 0.6 is 0 Å². The van der Waals surface area contributed by atoms with Gasteiger partial charge in [-0.25, -0.2) is 0 Å². The van der Waals surface area contributed by atoms with Gasteiger partial charge in [0.15, 0.2) is 0 Å². The summed E-state index contributed by atoms with van der Waals surface area (Å²) in [7, 11) is 0. The third-order valence-electron chi connectivity index (χ3n) is 6.30. The fraction of sp³-hybridized carbons (Fsp3) is 0.630. The lowest BCUT2D eigenvalue weighted by molar-refractivity contribution is 0.340. The molecular formula is C27H43N. The summed E-state index contributed by atoms with van der Waals surface area (Å²) in [6, 6.07) is 0.352. The van der Waals surface area contributed by atoms with Crippen molar-refractivity contribution < 1.29 is 0 Å². The Balaban J connectivity index is 2.25. The first kappa shape index (κ1) is 22.8. The third-order valence-corrected chi connectivity index (χ3v) is 6.30. The molecule has 0 aromatic rings. The number of nitrogens with zero attached hydrogens (tertiary/aromatic N) is 1. The topological polar surface area (TPSA) is 3.24 Å². The molecule has 0 fully saturated rings. The molecule has 2 aliphatic rings. The van der Waals surface area contributed by atoms with Crippen molar-refractivity contribution >= 4 is 0 Å². The van der Waals surface area contributed by atoms with E-state index in [4.69, 9.17) is 0 Å². The van der Waals surface area contributed by atoms with Crippen molar-refractivity contribution in [2.75, 3.05) is 6.54 Å². The molecule has 1 unspecified atom stereocenters.